The zero-order valence-corrected chi connectivity index (χ0v) is 18.6. The standard InChI is InChI=1S/C23H27Cl2NO3/c1-15-9-16(2)23(17(3)10-15)29-14-22(27)26(13-20-5-4-8-28-20)12-18-6-7-19(24)11-21(18)25/h6-7,9-11,20H,4-5,8,12-14H2,1-3H3/t20-/m0/s1. The number of nitrogens with zero attached hydrogens (tertiary/aromatic N) is 1. The summed E-state index contributed by atoms with van der Waals surface area (Å²) in [6.45, 7) is 7.68. The van der Waals surface area contributed by atoms with E-state index in [4.69, 9.17) is 32.7 Å². The van der Waals surface area contributed by atoms with Gasteiger partial charge in [-0.15, -0.1) is 0 Å². The maximum Gasteiger partial charge on any atom is 0.260 e. The average molecular weight is 436 g/mol. The van der Waals surface area contributed by atoms with Gasteiger partial charge in [0.25, 0.3) is 5.91 Å². The van der Waals surface area contributed by atoms with Crippen molar-refractivity contribution in [2.24, 2.45) is 0 Å². The normalized spacial score (nSPS) is 16.1. The molecule has 1 fully saturated rings. The molecule has 0 bridgehead atoms. The third kappa shape index (κ3) is 5.88. The molecule has 0 aromatic heterocycles. The van der Waals surface area contributed by atoms with Gasteiger partial charge in [0, 0.05) is 29.7 Å². The molecule has 0 N–H and O–H groups in total. The summed E-state index contributed by atoms with van der Waals surface area (Å²) in [6.07, 6.45) is 2.02. The van der Waals surface area contributed by atoms with Crippen LogP contribution in [0.4, 0.5) is 0 Å². The van der Waals surface area contributed by atoms with E-state index in [0.717, 1.165) is 41.9 Å². The van der Waals surface area contributed by atoms with E-state index in [-0.39, 0.29) is 18.6 Å². The molecule has 1 saturated heterocycles. The summed E-state index contributed by atoms with van der Waals surface area (Å²) in [5, 5.41) is 1.12. The first-order valence-corrected chi connectivity index (χ1v) is 10.6. The van der Waals surface area contributed by atoms with E-state index in [1.165, 1.54) is 5.56 Å². The molecule has 4 nitrogen and oxygen atoms in total. The van der Waals surface area contributed by atoms with Crippen LogP contribution in [0.3, 0.4) is 0 Å². The van der Waals surface area contributed by atoms with Crippen LogP contribution in [-0.2, 0) is 16.1 Å². The first-order valence-electron chi connectivity index (χ1n) is 9.87. The predicted molar refractivity (Wildman–Crippen MR) is 117 cm³/mol. The van der Waals surface area contributed by atoms with Gasteiger partial charge in [-0.3, -0.25) is 4.79 Å². The van der Waals surface area contributed by atoms with Gasteiger partial charge in [-0.05, 0) is 62.4 Å². The Kier molecular flexibility index (Phi) is 7.44. The molecule has 1 aliphatic rings. The molecule has 0 aliphatic carbocycles. The van der Waals surface area contributed by atoms with Crippen LogP contribution in [0.2, 0.25) is 10.0 Å². The lowest BCUT2D eigenvalue weighted by molar-refractivity contribution is -0.135. The molecule has 0 spiro atoms. The summed E-state index contributed by atoms with van der Waals surface area (Å²) >= 11 is 12.3. The Morgan fingerprint density at radius 3 is 2.52 bits per heavy atom. The van der Waals surface area contributed by atoms with Crippen LogP contribution in [0.15, 0.2) is 30.3 Å². The monoisotopic (exact) mass is 435 g/mol. The van der Waals surface area contributed by atoms with Gasteiger partial charge >= 0.3 is 0 Å². The molecule has 1 heterocycles. The molecule has 1 atom stereocenters. The average Bonchev–Trinajstić information content (AvgIpc) is 3.15. The fraction of sp³-hybridized carbons (Fsp3) is 0.435. The number of ether oxygens (including phenoxy) is 2. The van der Waals surface area contributed by atoms with Crippen molar-refractivity contribution in [2.75, 3.05) is 19.8 Å². The van der Waals surface area contributed by atoms with Gasteiger partial charge in [-0.25, -0.2) is 0 Å². The highest BCUT2D eigenvalue weighted by molar-refractivity contribution is 6.35. The van der Waals surface area contributed by atoms with Crippen molar-refractivity contribution >= 4 is 29.1 Å². The summed E-state index contributed by atoms with van der Waals surface area (Å²) in [5.74, 6) is 0.677. The van der Waals surface area contributed by atoms with E-state index < -0.39 is 0 Å². The fourth-order valence-electron chi connectivity index (χ4n) is 3.76. The van der Waals surface area contributed by atoms with Gasteiger partial charge in [-0.1, -0.05) is 47.0 Å². The van der Waals surface area contributed by atoms with Crippen LogP contribution in [-0.4, -0.2) is 36.7 Å². The summed E-state index contributed by atoms with van der Waals surface area (Å²) in [5.41, 5.74) is 4.09. The van der Waals surface area contributed by atoms with Crippen molar-refractivity contribution in [3.63, 3.8) is 0 Å². The van der Waals surface area contributed by atoms with E-state index in [1.807, 2.05) is 26.8 Å². The second kappa shape index (κ2) is 9.84. The SMILES string of the molecule is Cc1cc(C)c(OCC(=O)N(Cc2ccc(Cl)cc2Cl)C[C@@H]2CCCO2)c(C)c1. The van der Waals surface area contributed by atoms with Gasteiger partial charge < -0.3 is 14.4 Å². The van der Waals surface area contributed by atoms with Crippen molar-refractivity contribution in [2.45, 2.75) is 46.3 Å². The van der Waals surface area contributed by atoms with Gasteiger partial charge in [0.2, 0.25) is 0 Å². The number of halogens is 2. The number of amides is 1. The lowest BCUT2D eigenvalue weighted by Gasteiger charge is -2.26. The van der Waals surface area contributed by atoms with Crippen LogP contribution >= 0.6 is 23.2 Å². The number of rotatable bonds is 7. The molecular weight excluding hydrogens is 409 g/mol. The van der Waals surface area contributed by atoms with Crippen LogP contribution < -0.4 is 4.74 Å². The Morgan fingerprint density at radius 1 is 1.17 bits per heavy atom. The van der Waals surface area contributed by atoms with E-state index in [2.05, 4.69) is 12.1 Å². The Morgan fingerprint density at radius 2 is 1.90 bits per heavy atom. The van der Waals surface area contributed by atoms with E-state index >= 15 is 0 Å². The summed E-state index contributed by atoms with van der Waals surface area (Å²) in [7, 11) is 0. The minimum absolute atomic E-state index is 0.0251. The van der Waals surface area contributed by atoms with Crippen molar-refractivity contribution in [1.82, 2.24) is 4.90 Å². The second-order valence-electron chi connectivity index (χ2n) is 7.66. The lowest BCUT2D eigenvalue weighted by atomic mass is 10.1. The molecule has 6 heteroatoms. The van der Waals surface area contributed by atoms with Crippen molar-refractivity contribution in [1.29, 1.82) is 0 Å². The molecule has 0 saturated carbocycles. The maximum atomic E-state index is 13.1. The number of hydrogen-bond acceptors (Lipinski definition) is 3. The zero-order chi connectivity index (χ0) is 21.0. The van der Waals surface area contributed by atoms with Gasteiger partial charge in [-0.2, -0.15) is 0 Å². The molecule has 1 amide bonds. The first-order chi connectivity index (χ1) is 13.8. The zero-order valence-electron chi connectivity index (χ0n) is 17.1. The largest absolute Gasteiger partial charge is 0.483 e. The number of benzene rings is 2. The quantitative estimate of drug-likeness (QED) is 0.575. The summed E-state index contributed by atoms with van der Waals surface area (Å²) < 4.78 is 11.7. The third-order valence-corrected chi connectivity index (χ3v) is 5.71. The van der Waals surface area contributed by atoms with Crippen molar-refractivity contribution in [3.8, 4) is 5.75 Å². The molecule has 2 aromatic rings. The third-order valence-electron chi connectivity index (χ3n) is 5.12. The minimum Gasteiger partial charge on any atom is -0.483 e. The predicted octanol–water partition coefficient (Wildman–Crippen LogP) is 5.51. The van der Waals surface area contributed by atoms with Crippen molar-refractivity contribution in [3.05, 3.63) is 62.6 Å². The molecule has 3 rings (SSSR count). The lowest BCUT2D eigenvalue weighted by Crippen LogP contribution is -2.39. The van der Waals surface area contributed by atoms with E-state index in [9.17, 15) is 4.79 Å². The Hall–Kier alpha value is -1.75. The van der Waals surface area contributed by atoms with Crippen molar-refractivity contribution < 1.29 is 14.3 Å². The highest BCUT2D eigenvalue weighted by atomic mass is 35.5. The number of carbonyl (C=O) groups is 1. The fourth-order valence-corrected chi connectivity index (χ4v) is 4.23. The Balaban J connectivity index is 1.73. The van der Waals surface area contributed by atoms with Gasteiger partial charge in [0.1, 0.15) is 5.75 Å². The molecule has 0 unspecified atom stereocenters. The van der Waals surface area contributed by atoms with Crippen LogP contribution in [0.1, 0.15) is 35.1 Å². The smallest absolute Gasteiger partial charge is 0.260 e. The highest BCUT2D eigenvalue weighted by Crippen LogP contribution is 2.26. The maximum absolute atomic E-state index is 13.1. The summed E-state index contributed by atoms with van der Waals surface area (Å²) in [6, 6.07) is 9.46. The van der Waals surface area contributed by atoms with Crippen LogP contribution in [0.25, 0.3) is 0 Å². The topological polar surface area (TPSA) is 38.8 Å². The number of aryl methyl sites for hydroxylation is 3. The van der Waals surface area contributed by atoms with E-state index in [1.54, 1.807) is 17.0 Å². The molecule has 29 heavy (non-hydrogen) atoms. The second-order valence-corrected chi connectivity index (χ2v) is 8.51. The molecule has 156 valence electrons. The molecular formula is C23H27Cl2NO3. The number of hydrogen-bond donors (Lipinski definition) is 0. The Labute approximate surface area is 182 Å². The first kappa shape index (κ1) is 21.9. The number of carbonyl (C=O) groups excluding carboxylic acids is 1. The highest BCUT2D eigenvalue weighted by Gasteiger charge is 2.24. The summed E-state index contributed by atoms with van der Waals surface area (Å²) in [4.78, 5) is 14.8. The molecule has 2 aromatic carbocycles. The van der Waals surface area contributed by atoms with Crippen LogP contribution in [0.5, 0.6) is 5.75 Å². The van der Waals surface area contributed by atoms with Gasteiger partial charge in [0.05, 0.1) is 6.10 Å². The van der Waals surface area contributed by atoms with Crippen LogP contribution in [0, 0.1) is 20.8 Å². The molecule has 1 aliphatic heterocycles. The molecule has 0 radical (unpaired) electrons. The van der Waals surface area contributed by atoms with Gasteiger partial charge in [0.15, 0.2) is 6.61 Å². The minimum atomic E-state index is -0.0918. The van der Waals surface area contributed by atoms with E-state index in [0.29, 0.717) is 23.1 Å². The Bertz CT molecular complexity index is 855.